The van der Waals surface area contributed by atoms with Gasteiger partial charge in [-0.1, -0.05) is 0 Å². The molecule has 0 radical (unpaired) electrons. The SMILES string of the molecule is CC1(C)CC(N2CCOC(CN)C2)CCO1. The fraction of sp³-hybridized carbons (Fsp3) is 1.00. The summed E-state index contributed by atoms with van der Waals surface area (Å²) in [6.45, 7) is 8.71. The minimum absolute atomic E-state index is 0.0272. The van der Waals surface area contributed by atoms with Gasteiger partial charge in [-0.15, -0.1) is 0 Å². The van der Waals surface area contributed by atoms with E-state index in [4.69, 9.17) is 15.2 Å². The van der Waals surface area contributed by atoms with Crippen LogP contribution in [0.15, 0.2) is 0 Å². The van der Waals surface area contributed by atoms with Crippen LogP contribution in [0.2, 0.25) is 0 Å². The van der Waals surface area contributed by atoms with Crippen LogP contribution in [-0.4, -0.2) is 55.5 Å². The smallest absolute Gasteiger partial charge is 0.0824 e. The third-order valence-electron chi connectivity index (χ3n) is 3.62. The average molecular weight is 228 g/mol. The average Bonchev–Trinajstić information content (AvgIpc) is 2.28. The van der Waals surface area contributed by atoms with Gasteiger partial charge in [0.25, 0.3) is 0 Å². The molecule has 4 heteroatoms. The van der Waals surface area contributed by atoms with Crippen LogP contribution in [-0.2, 0) is 9.47 Å². The highest BCUT2D eigenvalue weighted by molar-refractivity contribution is 4.87. The van der Waals surface area contributed by atoms with Crippen molar-refractivity contribution in [1.82, 2.24) is 4.90 Å². The highest BCUT2D eigenvalue weighted by Gasteiger charge is 2.34. The molecule has 2 aliphatic heterocycles. The molecule has 0 saturated carbocycles. The van der Waals surface area contributed by atoms with Gasteiger partial charge in [0.05, 0.1) is 18.3 Å². The largest absolute Gasteiger partial charge is 0.375 e. The predicted octanol–water partition coefficient (Wildman–Crippen LogP) is 0.604. The first-order chi connectivity index (χ1) is 7.61. The van der Waals surface area contributed by atoms with E-state index in [0.717, 1.165) is 39.1 Å². The molecule has 94 valence electrons. The zero-order valence-electron chi connectivity index (χ0n) is 10.4. The lowest BCUT2D eigenvalue weighted by atomic mass is 9.92. The molecule has 0 amide bonds. The standard InChI is InChI=1S/C12H24N2O2/c1-12(2)7-10(3-5-16-12)14-4-6-15-11(8-13)9-14/h10-11H,3-9,13H2,1-2H3. The fourth-order valence-electron chi connectivity index (χ4n) is 2.73. The van der Waals surface area contributed by atoms with Gasteiger partial charge >= 0.3 is 0 Å². The first-order valence-corrected chi connectivity index (χ1v) is 6.30. The van der Waals surface area contributed by atoms with Crippen molar-refractivity contribution in [2.45, 2.75) is 44.4 Å². The fourth-order valence-corrected chi connectivity index (χ4v) is 2.73. The van der Waals surface area contributed by atoms with Crippen molar-refractivity contribution >= 4 is 0 Å². The number of nitrogens with two attached hydrogens (primary N) is 1. The Kier molecular flexibility index (Phi) is 3.85. The summed E-state index contributed by atoms with van der Waals surface area (Å²) >= 11 is 0. The van der Waals surface area contributed by atoms with Gasteiger partial charge in [-0.05, 0) is 26.7 Å². The zero-order chi connectivity index (χ0) is 11.6. The molecule has 2 N–H and O–H groups in total. The summed E-state index contributed by atoms with van der Waals surface area (Å²) in [4.78, 5) is 2.53. The summed E-state index contributed by atoms with van der Waals surface area (Å²) in [5.74, 6) is 0. The van der Waals surface area contributed by atoms with Crippen LogP contribution < -0.4 is 5.73 Å². The molecule has 0 aliphatic carbocycles. The number of hydrogen-bond acceptors (Lipinski definition) is 4. The lowest BCUT2D eigenvalue weighted by Crippen LogP contribution is -2.53. The maximum absolute atomic E-state index is 5.76. The first-order valence-electron chi connectivity index (χ1n) is 6.30. The summed E-state index contributed by atoms with van der Waals surface area (Å²) in [5.41, 5.74) is 5.70. The van der Waals surface area contributed by atoms with Gasteiger partial charge in [-0.25, -0.2) is 0 Å². The minimum Gasteiger partial charge on any atom is -0.375 e. The number of rotatable bonds is 2. The lowest BCUT2D eigenvalue weighted by molar-refractivity contribution is -0.107. The van der Waals surface area contributed by atoms with Crippen LogP contribution in [0, 0.1) is 0 Å². The Morgan fingerprint density at radius 1 is 1.38 bits per heavy atom. The van der Waals surface area contributed by atoms with Crippen LogP contribution in [0.25, 0.3) is 0 Å². The lowest BCUT2D eigenvalue weighted by Gasteiger charge is -2.44. The van der Waals surface area contributed by atoms with Crippen LogP contribution in [0.1, 0.15) is 26.7 Å². The van der Waals surface area contributed by atoms with Crippen LogP contribution in [0.5, 0.6) is 0 Å². The van der Waals surface area contributed by atoms with E-state index in [-0.39, 0.29) is 11.7 Å². The maximum Gasteiger partial charge on any atom is 0.0824 e. The summed E-state index contributed by atoms with van der Waals surface area (Å²) in [5, 5.41) is 0. The summed E-state index contributed by atoms with van der Waals surface area (Å²) in [7, 11) is 0. The van der Waals surface area contributed by atoms with E-state index in [1.807, 2.05) is 0 Å². The van der Waals surface area contributed by atoms with Crippen LogP contribution in [0.3, 0.4) is 0 Å². The summed E-state index contributed by atoms with van der Waals surface area (Å²) in [6, 6.07) is 0.640. The van der Waals surface area contributed by atoms with Crippen molar-refractivity contribution in [2.24, 2.45) is 5.73 Å². The monoisotopic (exact) mass is 228 g/mol. The second-order valence-electron chi connectivity index (χ2n) is 5.48. The highest BCUT2D eigenvalue weighted by atomic mass is 16.5. The van der Waals surface area contributed by atoms with Gasteiger partial charge in [0.15, 0.2) is 0 Å². The molecule has 0 aromatic heterocycles. The summed E-state index contributed by atoms with van der Waals surface area (Å²) < 4.78 is 11.4. The van der Waals surface area contributed by atoms with Gasteiger partial charge in [0.2, 0.25) is 0 Å². The molecule has 2 atom stereocenters. The molecule has 2 heterocycles. The van der Waals surface area contributed by atoms with E-state index in [2.05, 4.69) is 18.7 Å². The molecule has 4 nitrogen and oxygen atoms in total. The van der Waals surface area contributed by atoms with Crippen LogP contribution in [0.4, 0.5) is 0 Å². The van der Waals surface area contributed by atoms with Crippen molar-refractivity contribution in [2.75, 3.05) is 32.8 Å². The van der Waals surface area contributed by atoms with Crippen molar-refractivity contribution in [3.8, 4) is 0 Å². The molecule has 0 spiro atoms. The second-order valence-corrected chi connectivity index (χ2v) is 5.48. The van der Waals surface area contributed by atoms with E-state index in [1.165, 1.54) is 0 Å². The molecule has 0 aromatic rings. The maximum atomic E-state index is 5.76. The minimum atomic E-state index is 0.0272. The van der Waals surface area contributed by atoms with Gasteiger partial charge < -0.3 is 15.2 Å². The molecule has 2 unspecified atom stereocenters. The van der Waals surface area contributed by atoms with Crippen LogP contribution >= 0.6 is 0 Å². The van der Waals surface area contributed by atoms with Crippen molar-refractivity contribution in [3.63, 3.8) is 0 Å². The van der Waals surface area contributed by atoms with E-state index in [1.54, 1.807) is 0 Å². The third-order valence-corrected chi connectivity index (χ3v) is 3.62. The predicted molar refractivity (Wildman–Crippen MR) is 63.4 cm³/mol. The molecular formula is C12H24N2O2. The van der Waals surface area contributed by atoms with Gasteiger partial charge in [0, 0.05) is 32.3 Å². The molecule has 2 aliphatic rings. The zero-order valence-corrected chi connectivity index (χ0v) is 10.4. The molecule has 0 bridgehead atoms. The van der Waals surface area contributed by atoms with Gasteiger partial charge in [-0.3, -0.25) is 4.90 Å². The molecular weight excluding hydrogens is 204 g/mol. The molecule has 16 heavy (non-hydrogen) atoms. The second kappa shape index (κ2) is 5.00. The molecule has 2 rings (SSSR count). The van der Waals surface area contributed by atoms with Crippen molar-refractivity contribution < 1.29 is 9.47 Å². The van der Waals surface area contributed by atoms with E-state index < -0.39 is 0 Å². The molecule has 2 saturated heterocycles. The van der Waals surface area contributed by atoms with E-state index in [0.29, 0.717) is 12.6 Å². The number of hydrogen-bond donors (Lipinski definition) is 1. The van der Waals surface area contributed by atoms with E-state index >= 15 is 0 Å². The molecule has 2 fully saturated rings. The number of ether oxygens (including phenoxy) is 2. The van der Waals surface area contributed by atoms with E-state index in [9.17, 15) is 0 Å². The number of nitrogens with zero attached hydrogens (tertiary/aromatic N) is 1. The summed E-state index contributed by atoms with van der Waals surface area (Å²) in [6.07, 6.45) is 2.48. The Balaban J connectivity index is 1.91. The highest BCUT2D eigenvalue weighted by Crippen LogP contribution is 2.28. The Hall–Kier alpha value is -0.160. The quantitative estimate of drug-likeness (QED) is 0.752. The normalized spacial score (nSPS) is 36.2. The molecule has 0 aromatic carbocycles. The van der Waals surface area contributed by atoms with Crippen molar-refractivity contribution in [1.29, 1.82) is 0 Å². The Morgan fingerprint density at radius 2 is 2.19 bits per heavy atom. The Bertz CT molecular complexity index is 233. The van der Waals surface area contributed by atoms with Gasteiger partial charge in [0.1, 0.15) is 0 Å². The third kappa shape index (κ3) is 2.94. The number of morpholine rings is 1. The topological polar surface area (TPSA) is 47.7 Å². The Labute approximate surface area is 98.1 Å². The van der Waals surface area contributed by atoms with Gasteiger partial charge in [-0.2, -0.15) is 0 Å². The first kappa shape index (κ1) is 12.3. The van der Waals surface area contributed by atoms with Crippen molar-refractivity contribution in [3.05, 3.63) is 0 Å². The Morgan fingerprint density at radius 3 is 2.88 bits per heavy atom.